The van der Waals surface area contributed by atoms with Gasteiger partial charge in [0.2, 0.25) is 0 Å². The van der Waals surface area contributed by atoms with Crippen molar-refractivity contribution < 1.29 is 9.53 Å². The Morgan fingerprint density at radius 2 is 1.94 bits per heavy atom. The summed E-state index contributed by atoms with van der Waals surface area (Å²) in [5.41, 5.74) is 0. The minimum absolute atomic E-state index is 0.123. The van der Waals surface area contributed by atoms with E-state index in [-0.39, 0.29) is 12.0 Å². The molecule has 0 rings (SSSR count). The molecule has 0 radical (unpaired) electrons. The van der Waals surface area contributed by atoms with Crippen LogP contribution in [-0.2, 0) is 9.53 Å². The van der Waals surface area contributed by atoms with Gasteiger partial charge in [0.25, 0.3) is 0 Å². The fourth-order valence-corrected chi connectivity index (χ4v) is 1.85. The molecule has 17 heavy (non-hydrogen) atoms. The van der Waals surface area contributed by atoms with Gasteiger partial charge in [-0.2, -0.15) is 0 Å². The maximum atomic E-state index is 11.7. The van der Waals surface area contributed by atoms with E-state index < -0.39 is 0 Å². The Morgan fingerprint density at radius 3 is 2.41 bits per heavy atom. The van der Waals surface area contributed by atoms with Crippen LogP contribution in [0.4, 0.5) is 0 Å². The van der Waals surface area contributed by atoms with Crippen molar-refractivity contribution in [3.63, 3.8) is 0 Å². The van der Waals surface area contributed by atoms with Crippen LogP contribution < -0.4 is 5.32 Å². The zero-order chi connectivity index (χ0) is 13.1. The molecule has 0 aromatic heterocycles. The van der Waals surface area contributed by atoms with Crippen LogP contribution in [0.3, 0.4) is 0 Å². The normalized spacial score (nSPS) is 12.8. The molecule has 0 aliphatic rings. The lowest BCUT2D eigenvalue weighted by Gasteiger charge is -2.23. The summed E-state index contributed by atoms with van der Waals surface area (Å²) in [7, 11) is 0. The number of nitrogens with zero attached hydrogens (tertiary/aromatic N) is 1. The number of carbonyl (C=O) groups excluding carboxylic acids is 1. The second kappa shape index (κ2) is 10.5. The summed E-state index contributed by atoms with van der Waals surface area (Å²) >= 11 is 0. The predicted octanol–water partition coefficient (Wildman–Crippen LogP) is 1.65. The molecule has 4 nitrogen and oxygen atoms in total. The first-order valence-corrected chi connectivity index (χ1v) is 6.81. The molecule has 0 spiro atoms. The van der Waals surface area contributed by atoms with E-state index >= 15 is 0 Å². The van der Waals surface area contributed by atoms with Gasteiger partial charge in [0.1, 0.15) is 6.04 Å². The maximum absolute atomic E-state index is 11.7. The molecule has 0 fully saturated rings. The highest BCUT2D eigenvalue weighted by Gasteiger charge is 2.18. The van der Waals surface area contributed by atoms with Crippen molar-refractivity contribution in [3.05, 3.63) is 0 Å². The van der Waals surface area contributed by atoms with Crippen LogP contribution >= 0.6 is 0 Å². The highest BCUT2D eigenvalue weighted by Crippen LogP contribution is 2.00. The molecule has 0 bridgehead atoms. The minimum Gasteiger partial charge on any atom is -0.465 e. The van der Waals surface area contributed by atoms with Gasteiger partial charge in [0.05, 0.1) is 6.61 Å². The van der Waals surface area contributed by atoms with Gasteiger partial charge in [-0.05, 0) is 39.4 Å². The molecular weight excluding hydrogens is 216 g/mol. The number of likely N-dealkylation sites (N-methyl/N-ethyl adjacent to an activating group) is 1. The molecule has 1 unspecified atom stereocenters. The summed E-state index contributed by atoms with van der Waals surface area (Å²) in [6.45, 7) is 12.5. The van der Waals surface area contributed by atoms with Gasteiger partial charge in [-0.25, -0.2) is 0 Å². The molecule has 0 saturated heterocycles. The highest BCUT2D eigenvalue weighted by atomic mass is 16.5. The Morgan fingerprint density at radius 1 is 1.24 bits per heavy atom. The Kier molecular flexibility index (Phi) is 10.2. The molecule has 0 saturated carbocycles. The van der Waals surface area contributed by atoms with Gasteiger partial charge < -0.3 is 15.0 Å². The van der Waals surface area contributed by atoms with Crippen LogP contribution in [0.15, 0.2) is 0 Å². The van der Waals surface area contributed by atoms with E-state index in [1.54, 1.807) is 0 Å². The summed E-state index contributed by atoms with van der Waals surface area (Å²) < 4.78 is 5.06. The lowest BCUT2D eigenvalue weighted by atomic mass is 10.2. The lowest BCUT2D eigenvalue weighted by molar-refractivity contribution is -0.145. The number of hydrogen-bond acceptors (Lipinski definition) is 4. The fourth-order valence-electron chi connectivity index (χ4n) is 1.85. The first kappa shape index (κ1) is 16.4. The van der Waals surface area contributed by atoms with E-state index in [2.05, 4.69) is 24.1 Å². The number of esters is 1. The van der Waals surface area contributed by atoms with E-state index in [0.29, 0.717) is 6.61 Å². The van der Waals surface area contributed by atoms with E-state index in [9.17, 15) is 4.79 Å². The van der Waals surface area contributed by atoms with Crippen molar-refractivity contribution >= 4 is 5.97 Å². The zero-order valence-electron chi connectivity index (χ0n) is 11.8. The summed E-state index contributed by atoms with van der Waals surface area (Å²) in [5.74, 6) is -0.123. The van der Waals surface area contributed by atoms with Crippen molar-refractivity contribution in [2.45, 2.75) is 46.6 Å². The zero-order valence-corrected chi connectivity index (χ0v) is 11.8. The molecule has 1 atom stereocenters. The number of hydrogen-bond donors (Lipinski definition) is 1. The van der Waals surface area contributed by atoms with Gasteiger partial charge in [-0.15, -0.1) is 0 Å². The SMILES string of the molecule is CCCN(CC)CCC(NCC)C(=O)OCC. The number of nitrogens with one attached hydrogen (secondary N) is 1. The van der Waals surface area contributed by atoms with Crippen molar-refractivity contribution in [1.29, 1.82) is 0 Å². The van der Waals surface area contributed by atoms with Crippen molar-refractivity contribution in [1.82, 2.24) is 10.2 Å². The number of rotatable bonds is 10. The van der Waals surface area contributed by atoms with Crippen LogP contribution in [-0.4, -0.2) is 49.7 Å². The van der Waals surface area contributed by atoms with Gasteiger partial charge in [-0.3, -0.25) is 4.79 Å². The van der Waals surface area contributed by atoms with Crippen LogP contribution in [0.25, 0.3) is 0 Å². The average Bonchev–Trinajstić information content (AvgIpc) is 2.32. The van der Waals surface area contributed by atoms with Crippen LogP contribution in [0.2, 0.25) is 0 Å². The third kappa shape index (κ3) is 7.34. The second-order valence-corrected chi connectivity index (χ2v) is 4.09. The van der Waals surface area contributed by atoms with E-state index in [1.165, 1.54) is 0 Å². The fraction of sp³-hybridized carbons (Fsp3) is 0.923. The molecule has 0 aromatic carbocycles. The third-order valence-corrected chi connectivity index (χ3v) is 2.74. The molecule has 0 aliphatic carbocycles. The monoisotopic (exact) mass is 244 g/mol. The van der Waals surface area contributed by atoms with Gasteiger partial charge in [0, 0.05) is 6.54 Å². The summed E-state index contributed by atoms with van der Waals surface area (Å²) in [4.78, 5) is 14.1. The Bertz CT molecular complexity index is 198. The van der Waals surface area contributed by atoms with E-state index in [1.807, 2.05) is 13.8 Å². The van der Waals surface area contributed by atoms with Crippen LogP contribution in [0.5, 0.6) is 0 Å². The van der Waals surface area contributed by atoms with E-state index in [4.69, 9.17) is 4.74 Å². The summed E-state index contributed by atoms with van der Waals surface area (Å²) in [6.07, 6.45) is 1.97. The number of carbonyl (C=O) groups is 1. The first-order valence-electron chi connectivity index (χ1n) is 6.81. The Hall–Kier alpha value is -0.610. The Balaban J connectivity index is 4.09. The quantitative estimate of drug-likeness (QED) is 0.593. The molecule has 0 amide bonds. The van der Waals surface area contributed by atoms with Crippen LogP contribution in [0, 0.1) is 0 Å². The smallest absolute Gasteiger partial charge is 0.323 e. The molecule has 102 valence electrons. The van der Waals surface area contributed by atoms with Crippen molar-refractivity contribution in [2.24, 2.45) is 0 Å². The number of ether oxygens (including phenoxy) is 1. The molecule has 1 N–H and O–H groups in total. The molecule has 0 aromatic rings. The standard InChI is InChI=1S/C13H28N2O2/c1-5-10-15(7-3)11-9-12(14-6-2)13(16)17-8-4/h12,14H,5-11H2,1-4H3. The first-order chi connectivity index (χ1) is 8.19. The Labute approximate surface area is 106 Å². The topological polar surface area (TPSA) is 41.6 Å². The molecular formula is C13H28N2O2. The van der Waals surface area contributed by atoms with Gasteiger partial charge in [-0.1, -0.05) is 20.8 Å². The predicted molar refractivity (Wildman–Crippen MR) is 71.1 cm³/mol. The van der Waals surface area contributed by atoms with Gasteiger partial charge in [0.15, 0.2) is 0 Å². The molecule has 0 heterocycles. The highest BCUT2D eigenvalue weighted by molar-refractivity contribution is 5.75. The van der Waals surface area contributed by atoms with E-state index in [0.717, 1.165) is 39.0 Å². The lowest BCUT2D eigenvalue weighted by Crippen LogP contribution is -2.41. The van der Waals surface area contributed by atoms with Crippen molar-refractivity contribution in [2.75, 3.05) is 32.8 Å². The summed E-state index contributed by atoms with van der Waals surface area (Å²) in [6, 6.07) is -0.161. The largest absolute Gasteiger partial charge is 0.465 e. The maximum Gasteiger partial charge on any atom is 0.323 e. The third-order valence-electron chi connectivity index (χ3n) is 2.74. The average molecular weight is 244 g/mol. The van der Waals surface area contributed by atoms with Gasteiger partial charge >= 0.3 is 5.97 Å². The second-order valence-electron chi connectivity index (χ2n) is 4.09. The van der Waals surface area contributed by atoms with Crippen molar-refractivity contribution in [3.8, 4) is 0 Å². The van der Waals surface area contributed by atoms with Crippen LogP contribution in [0.1, 0.15) is 40.5 Å². The molecule has 0 aliphatic heterocycles. The molecule has 4 heteroatoms. The minimum atomic E-state index is -0.161. The summed E-state index contributed by atoms with van der Waals surface area (Å²) in [5, 5.41) is 3.19.